The van der Waals surface area contributed by atoms with Gasteiger partial charge in [0.25, 0.3) is 0 Å². The number of imide groups is 1. The molecule has 3 fully saturated rings. The number of fused-ring (bicyclic) bond motifs is 3. The van der Waals surface area contributed by atoms with Crippen LogP contribution >= 0.6 is 0 Å². The lowest BCUT2D eigenvalue weighted by atomic mass is 9.65. The Morgan fingerprint density at radius 2 is 1.41 bits per heavy atom. The third-order valence-corrected chi connectivity index (χ3v) is 13.9. The molecule has 1 spiro atoms. The number of esters is 1. The van der Waals surface area contributed by atoms with E-state index in [0.29, 0.717) is 65.7 Å². The number of aliphatic hydroxyl groups excluding tert-OH is 1. The van der Waals surface area contributed by atoms with Crippen molar-refractivity contribution >= 4 is 40.9 Å². The largest absolute Gasteiger partial charge is 0.497 e. The van der Waals surface area contributed by atoms with Crippen molar-refractivity contribution in [3.8, 4) is 23.3 Å². The van der Waals surface area contributed by atoms with Crippen molar-refractivity contribution in [2.75, 3.05) is 82.1 Å². The van der Waals surface area contributed by atoms with E-state index in [0.717, 1.165) is 16.2 Å². The number of nitrogens with one attached hydrogen (secondary N) is 1. The quantitative estimate of drug-likeness (QED) is 0.0669. The van der Waals surface area contributed by atoms with Gasteiger partial charge < -0.3 is 43.7 Å². The van der Waals surface area contributed by atoms with E-state index < -0.39 is 59.4 Å². The molecule has 3 saturated heterocycles. The molecule has 0 aromatic heterocycles. The van der Waals surface area contributed by atoms with Gasteiger partial charge in [0.05, 0.1) is 57.2 Å². The first-order chi connectivity index (χ1) is 35.7. The molecular formula is C58H54N4O11. The number of morpholine rings is 2. The summed E-state index contributed by atoms with van der Waals surface area (Å²) in [6.45, 7) is 2.15. The zero-order chi connectivity index (χ0) is 50.5. The van der Waals surface area contributed by atoms with E-state index in [9.17, 15) is 9.90 Å². The molecule has 2 N–H and O–H groups in total. The fourth-order valence-electron chi connectivity index (χ4n) is 10.8. The van der Waals surface area contributed by atoms with Crippen LogP contribution in [0.3, 0.4) is 0 Å². The molecule has 0 saturated carbocycles. The van der Waals surface area contributed by atoms with E-state index in [4.69, 9.17) is 28.4 Å². The fourth-order valence-corrected chi connectivity index (χ4v) is 10.8. The van der Waals surface area contributed by atoms with Crippen molar-refractivity contribution in [3.05, 3.63) is 185 Å². The second kappa shape index (κ2) is 21.4. The summed E-state index contributed by atoms with van der Waals surface area (Å²) < 4.78 is 34.6. The molecule has 3 amide bonds. The van der Waals surface area contributed by atoms with E-state index in [1.165, 1.54) is 7.11 Å². The van der Waals surface area contributed by atoms with E-state index >= 15 is 14.4 Å². The molecule has 372 valence electrons. The van der Waals surface area contributed by atoms with Crippen LogP contribution in [0.2, 0.25) is 0 Å². The number of amides is 3. The maximum Gasteiger partial charge on any atom is 0.421 e. The van der Waals surface area contributed by atoms with Crippen molar-refractivity contribution in [3.63, 3.8) is 0 Å². The van der Waals surface area contributed by atoms with Crippen LogP contribution in [0.4, 0.5) is 21.9 Å². The summed E-state index contributed by atoms with van der Waals surface area (Å²) in [5.41, 5.74) is 2.72. The minimum atomic E-state index is -2.09. The Morgan fingerprint density at radius 3 is 2.11 bits per heavy atom. The minimum absolute atomic E-state index is 0.0326. The van der Waals surface area contributed by atoms with Crippen LogP contribution in [0.15, 0.2) is 152 Å². The van der Waals surface area contributed by atoms with Crippen LogP contribution in [0, 0.1) is 17.8 Å². The monoisotopic (exact) mass is 982 g/mol. The molecule has 0 bridgehead atoms. The fraction of sp³-hybridized carbons (Fsp3) is 0.276. The highest BCUT2D eigenvalue weighted by molar-refractivity contribution is 6.24. The molecule has 4 aliphatic rings. The lowest BCUT2D eigenvalue weighted by Gasteiger charge is -2.46. The first-order valence-electron chi connectivity index (χ1n) is 24.2. The third kappa shape index (κ3) is 9.26. The van der Waals surface area contributed by atoms with Crippen LogP contribution in [-0.4, -0.2) is 107 Å². The summed E-state index contributed by atoms with van der Waals surface area (Å²) in [5.74, 6) is 3.70. The van der Waals surface area contributed by atoms with Gasteiger partial charge in [-0.3, -0.25) is 19.3 Å². The van der Waals surface area contributed by atoms with Crippen LogP contribution < -0.4 is 24.6 Å². The Bertz CT molecular complexity index is 3030. The van der Waals surface area contributed by atoms with Gasteiger partial charge in [-0.15, -0.1) is 0 Å². The molecule has 10 rings (SSSR count). The van der Waals surface area contributed by atoms with Gasteiger partial charge in [0, 0.05) is 42.7 Å². The standard InChI is InChI=1S/C58H54N4O11/c1-68-34-35-72-57(67)61-48-27-20-39(17-16-38-18-25-45(69-2)26-19-38)36-47(48)58(56(61)66)49(54(64)59-43-21-23-44(24-22-43)60-28-31-70-32-29-60)51-55(65)73-52(41-12-7-4-8-13-41)50(40-10-5-3-6-11-40)62(51)53(58)42-14-9-15-46(37-42)71-33-30-63/h3-15,18-27,36-37,49-53,63H,28-35H2,1-2H3,(H,59,64). The van der Waals surface area contributed by atoms with Crippen molar-refractivity contribution in [2.24, 2.45) is 5.92 Å². The summed E-state index contributed by atoms with van der Waals surface area (Å²) in [6.07, 6.45) is -1.94. The number of benzene rings is 6. The number of hydrogen-bond acceptors (Lipinski definition) is 13. The first-order valence-corrected chi connectivity index (χ1v) is 24.2. The Balaban J connectivity index is 1.24. The number of methoxy groups -OCH3 is 2. The highest BCUT2D eigenvalue weighted by Crippen LogP contribution is 2.66. The number of cyclic esters (lactones) is 1. The second-order valence-electron chi connectivity index (χ2n) is 18.0. The van der Waals surface area contributed by atoms with Gasteiger partial charge in [-0.05, 0) is 101 Å². The molecule has 15 nitrogen and oxygen atoms in total. The highest BCUT2D eigenvalue weighted by atomic mass is 16.6. The SMILES string of the molecule is COCCOC(=O)N1C(=O)C2(c3cc(C#Cc4ccc(OC)cc4)ccc31)C(C(=O)Nc1ccc(N3CCOCC3)cc1)C1C(=O)OC(c3ccccc3)C(c3ccccc3)N1C2c1cccc(OCCO)c1. The van der Waals surface area contributed by atoms with Crippen LogP contribution in [-0.2, 0) is 38.7 Å². The van der Waals surface area contributed by atoms with Gasteiger partial charge in [-0.2, -0.15) is 0 Å². The zero-order valence-electron chi connectivity index (χ0n) is 40.3. The maximum absolute atomic E-state index is 16.6. The van der Waals surface area contributed by atoms with E-state index in [1.54, 1.807) is 67.8 Å². The summed E-state index contributed by atoms with van der Waals surface area (Å²) in [7, 11) is 3.05. The van der Waals surface area contributed by atoms with Crippen molar-refractivity contribution in [1.29, 1.82) is 0 Å². The minimum Gasteiger partial charge on any atom is -0.497 e. The van der Waals surface area contributed by atoms with Gasteiger partial charge in [-0.1, -0.05) is 84.6 Å². The molecule has 15 heteroatoms. The maximum atomic E-state index is 16.6. The number of carbonyl (C=O) groups is 4. The van der Waals surface area contributed by atoms with Crippen molar-refractivity contribution in [2.45, 2.75) is 29.6 Å². The van der Waals surface area contributed by atoms with Crippen molar-refractivity contribution in [1.82, 2.24) is 4.90 Å². The second-order valence-corrected chi connectivity index (χ2v) is 18.0. The van der Waals surface area contributed by atoms with Gasteiger partial charge in [0.2, 0.25) is 11.8 Å². The Kier molecular flexibility index (Phi) is 14.2. The third-order valence-electron chi connectivity index (χ3n) is 13.9. The topological polar surface area (TPSA) is 166 Å². The number of nitrogens with zero attached hydrogens (tertiary/aromatic N) is 3. The van der Waals surface area contributed by atoms with E-state index in [-0.39, 0.29) is 37.7 Å². The van der Waals surface area contributed by atoms with Crippen LogP contribution in [0.5, 0.6) is 11.5 Å². The molecule has 0 radical (unpaired) electrons. The smallest absolute Gasteiger partial charge is 0.421 e. The number of anilines is 3. The predicted molar refractivity (Wildman–Crippen MR) is 271 cm³/mol. The Morgan fingerprint density at radius 1 is 0.726 bits per heavy atom. The van der Waals surface area contributed by atoms with Gasteiger partial charge >= 0.3 is 12.1 Å². The summed E-state index contributed by atoms with van der Waals surface area (Å²) in [5, 5.41) is 13.0. The number of ether oxygens (including phenoxy) is 6. The summed E-state index contributed by atoms with van der Waals surface area (Å²) >= 11 is 0. The van der Waals surface area contributed by atoms with E-state index in [1.807, 2.05) is 95.9 Å². The molecule has 6 unspecified atom stereocenters. The summed E-state index contributed by atoms with van der Waals surface area (Å²) in [4.78, 5) is 68.0. The van der Waals surface area contributed by atoms with Crippen molar-refractivity contribution < 1.29 is 52.7 Å². The zero-order valence-corrected chi connectivity index (χ0v) is 40.3. The van der Waals surface area contributed by atoms with Crippen LogP contribution in [0.1, 0.15) is 51.6 Å². The molecule has 4 heterocycles. The number of hydrogen-bond donors (Lipinski definition) is 2. The number of carbonyl (C=O) groups excluding carboxylic acids is 4. The highest BCUT2D eigenvalue weighted by Gasteiger charge is 2.76. The van der Waals surface area contributed by atoms with Gasteiger partial charge in [0.15, 0.2) is 0 Å². The lowest BCUT2D eigenvalue weighted by molar-refractivity contribution is -0.177. The normalized spacial score (nSPS) is 22.2. The van der Waals surface area contributed by atoms with E-state index in [2.05, 4.69) is 22.1 Å². The molecule has 6 aromatic carbocycles. The number of rotatable bonds is 13. The molecule has 4 aliphatic heterocycles. The first kappa shape index (κ1) is 48.6. The number of aliphatic hydroxyl groups is 1. The average Bonchev–Trinajstić information content (AvgIpc) is 3.89. The van der Waals surface area contributed by atoms with Crippen LogP contribution in [0.25, 0.3) is 0 Å². The molecule has 6 aromatic rings. The average molecular weight is 983 g/mol. The van der Waals surface area contributed by atoms with Gasteiger partial charge in [0.1, 0.15) is 42.3 Å². The molecule has 73 heavy (non-hydrogen) atoms. The Labute approximate surface area is 423 Å². The lowest BCUT2D eigenvalue weighted by Crippen LogP contribution is -2.54. The summed E-state index contributed by atoms with van der Waals surface area (Å²) in [6, 6.07) is 42.2. The molecule has 0 aliphatic carbocycles. The van der Waals surface area contributed by atoms with Gasteiger partial charge in [-0.25, -0.2) is 9.69 Å². The predicted octanol–water partition coefficient (Wildman–Crippen LogP) is 7.39. The Hall–Kier alpha value is -8.00. The molecule has 6 atom stereocenters. The molecular weight excluding hydrogens is 929 g/mol.